The highest BCUT2D eigenvalue weighted by Crippen LogP contribution is 2.28. The van der Waals surface area contributed by atoms with E-state index < -0.39 is 95.0 Å². The first-order valence-corrected chi connectivity index (χ1v) is 19.5. The van der Waals surface area contributed by atoms with E-state index in [9.17, 15) is 43.1 Å². The molecule has 0 saturated heterocycles. The minimum Gasteiger partial charge on any atom is -0.381 e. The number of hydrogen-bond acceptors (Lipinski definition) is 12. The number of anilines is 1. The Morgan fingerprint density at radius 1 is 0.900 bits per heavy atom. The third-order valence-corrected chi connectivity index (χ3v) is 10.1. The van der Waals surface area contributed by atoms with Crippen LogP contribution in [0.4, 0.5) is 10.1 Å². The summed E-state index contributed by atoms with van der Waals surface area (Å²) in [6, 6.07) is 10.5. The maximum Gasteiger partial charge on any atom is 0.326 e. The van der Waals surface area contributed by atoms with Gasteiger partial charge in [-0.2, -0.15) is 9.60 Å². The lowest BCUT2D eigenvalue weighted by Gasteiger charge is -2.31. The Morgan fingerprint density at radius 2 is 1.63 bits per heavy atom. The van der Waals surface area contributed by atoms with Crippen molar-refractivity contribution >= 4 is 35.2 Å². The molecule has 1 unspecified atom stereocenters. The Kier molecular flexibility index (Phi) is 15.5. The van der Waals surface area contributed by atoms with Crippen molar-refractivity contribution in [1.82, 2.24) is 51.9 Å². The van der Waals surface area contributed by atoms with Gasteiger partial charge in [-0.15, -0.1) is 10.2 Å². The second-order valence-electron chi connectivity index (χ2n) is 15.0. The summed E-state index contributed by atoms with van der Waals surface area (Å²) in [5.74, 6) is -5.97. The van der Waals surface area contributed by atoms with Crippen molar-refractivity contribution < 1.29 is 33.5 Å². The van der Waals surface area contributed by atoms with Crippen molar-refractivity contribution in [2.75, 3.05) is 11.9 Å². The first-order valence-electron chi connectivity index (χ1n) is 19.5. The van der Waals surface area contributed by atoms with E-state index in [-0.39, 0.29) is 18.8 Å². The van der Waals surface area contributed by atoms with Gasteiger partial charge in [0.2, 0.25) is 29.4 Å². The van der Waals surface area contributed by atoms with E-state index in [1.807, 2.05) is 4.98 Å². The number of tetrazole rings is 1. The average Bonchev–Trinajstić information content (AvgIpc) is 3.78. The number of benzene rings is 2. The molecule has 0 aliphatic heterocycles. The lowest BCUT2D eigenvalue weighted by molar-refractivity contribution is -0.134. The molecule has 0 bridgehead atoms. The van der Waals surface area contributed by atoms with Gasteiger partial charge in [-0.3, -0.25) is 33.8 Å². The SMILES string of the molecule is CC(C)C(NC(=O)[C@@H](N)CNC(=O)c1[nH]c(=O)[nH]c(=O)c1F)C(=O)N[C@@H](CC1CCCCC1)C(=O)N[C@@H](Cc1ccccc1)[C@@H](O)C(=O)Nc1cccc(-c2nn[nH]n2)c1. The van der Waals surface area contributed by atoms with Gasteiger partial charge in [0.05, 0.1) is 6.04 Å². The second kappa shape index (κ2) is 20.9. The second-order valence-corrected chi connectivity index (χ2v) is 15.0. The van der Waals surface area contributed by atoms with Gasteiger partial charge >= 0.3 is 5.69 Å². The molecule has 21 heteroatoms. The molecule has 1 aliphatic carbocycles. The number of aliphatic hydroxyl groups is 1. The van der Waals surface area contributed by atoms with Gasteiger partial charge in [0, 0.05) is 17.8 Å². The van der Waals surface area contributed by atoms with Crippen molar-refractivity contribution in [3.8, 4) is 11.4 Å². The van der Waals surface area contributed by atoms with Crippen LogP contribution in [0, 0.1) is 17.7 Å². The first-order chi connectivity index (χ1) is 28.7. The van der Waals surface area contributed by atoms with E-state index in [1.165, 1.54) is 0 Å². The Bertz CT molecular complexity index is 2230. The van der Waals surface area contributed by atoms with Gasteiger partial charge in [0.15, 0.2) is 6.10 Å². The number of carbonyl (C=O) groups excluding carboxylic acids is 5. The average molecular weight is 833 g/mol. The van der Waals surface area contributed by atoms with Crippen LogP contribution in [0.25, 0.3) is 11.4 Å². The Labute approximate surface area is 342 Å². The van der Waals surface area contributed by atoms with Crippen LogP contribution < -0.4 is 43.6 Å². The molecule has 20 nitrogen and oxygen atoms in total. The summed E-state index contributed by atoms with van der Waals surface area (Å²) in [6.45, 7) is 2.74. The number of nitrogens with one attached hydrogen (secondary N) is 8. The molecule has 60 heavy (non-hydrogen) atoms. The maximum atomic E-state index is 14.3. The summed E-state index contributed by atoms with van der Waals surface area (Å²) in [5.41, 5.74) is 4.09. The van der Waals surface area contributed by atoms with Gasteiger partial charge in [0.1, 0.15) is 23.8 Å². The number of aromatic nitrogens is 6. The number of halogens is 1. The van der Waals surface area contributed by atoms with Crippen molar-refractivity contribution in [2.45, 2.75) is 89.1 Å². The molecule has 0 spiro atoms. The van der Waals surface area contributed by atoms with Crippen LogP contribution in [0.2, 0.25) is 0 Å². The van der Waals surface area contributed by atoms with Gasteiger partial charge in [0.25, 0.3) is 17.4 Å². The number of hydrogen-bond donors (Lipinski definition) is 10. The largest absolute Gasteiger partial charge is 0.381 e. The van der Waals surface area contributed by atoms with E-state index in [0.717, 1.165) is 32.1 Å². The Balaban J connectivity index is 1.29. The van der Waals surface area contributed by atoms with Gasteiger partial charge in [-0.1, -0.05) is 88.4 Å². The predicted octanol–water partition coefficient (Wildman–Crippen LogP) is -0.237. The summed E-state index contributed by atoms with van der Waals surface area (Å²) in [5, 5.41) is 38.3. The maximum absolute atomic E-state index is 14.3. The number of rotatable bonds is 18. The monoisotopic (exact) mass is 832 g/mol. The number of nitrogens with two attached hydrogens (primary N) is 1. The lowest BCUT2D eigenvalue weighted by Crippen LogP contribution is -2.60. The lowest BCUT2D eigenvalue weighted by atomic mass is 9.84. The fraction of sp³-hybridized carbons (Fsp3) is 0.436. The molecule has 5 atom stereocenters. The molecule has 4 aromatic rings. The third kappa shape index (κ3) is 12.2. The number of aromatic amines is 3. The normalized spacial score (nSPS) is 15.5. The Hall–Kier alpha value is -6.61. The molecule has 2 aromatic heterocycles. The summed E-state index contributed by atoms with van der Waals surface area (Å²) in [6.07, 6.45) is 3.11. The minimum atomic E-state index is -1.75. The fourth-order valence-corrected chi connectivity index (χ4v) is 6.87. The zero-order valence-electron chi connectivity index (χ0n) is 33.0. The highest BCUT2D eigenvalue weighted by atomic mass is 19.1. The highest BCUT2D eigenvalue weighted by molar-refractivity contribution is 5.97. The molecule has 2 heterocycles. The minimum absolute atomic E-state index is 0.0523. The zero-order chi connectivity index (χ0) is 43.3. The molecule has 0 radical (unpaired) electrons. The molecular formula is C39H49FN12O8. The summed E-state index contributed by atoms with van der Waals surface area (Å²) >= 11 is 0. The number of H-pyrrole nitrogens is 3. The van der Waals surface area contributed by atoms with Crippen LogP contribution in [0.5, 0.6) is 0 Å². The van der Waals surface area contributed by atoms with Crippen molar-refractivity contribution in [3.05, 3.63) is 92.5 Å². The molecule has 5 rings (SSSR count). The van der Waals surface area contributed by atoms with Crippen molar-refractivity contribution in [1.29, 1.82) is 0 Å². The van der Waals surface area contributed by atoms with Crippen molar-refractivity contribution in [2.24, 2.45) is 17.6 Å². The zero-order valence-corrected chi connectivity index (χ0v) is 33.0. The molecule has 1 saturated carbocycles. The van der Waals surface area contributed by atoms with E-state index >= 15 is 0 Å². The van der Waals surface area contributed by atoms with Gasteiger partial charge in [-0.25, -0.2) is 4.79 Å². The van der Waals surface area contributed by atoms with Gasteiger partial charge in [-0.05, 0) is 47.6 Å². The first kappa shape index (κ1) is 44.5. The van der Waals surface area contributed by atoms with Crippen molar-refractivity contribution in [3.63, 3.8) is 0 Å². The number of nitrogens with zero attached hydrogens (tertiary/aromatic N) is 3. The van der Waals surface area contributed by atoms with Crippen LogP contribution in [0.15, 0.2) is 64.2 Å². The molecule has 1 fully saturated rings. The Morgan fingerprint density at radius 3 is 2.32 bits per heavy atom. The van der Waals surface area contributed by atoms with Crippen LogP contribution in [0.1, 0.15) is 68.4 Å². The molecule has 2 aromatic carbocycles. The molecule has 1 aliphatic rings. The standard InChI is InChI=1S/C39H49FN12O8/c1-20(2)29(46-33(54)25(41)19-42-36(57)30-28(40)35(56)48-39(60)47-30)37(58)45-27(17-22-12-7-4-8-13-22)34(55)44-26(16-21-10-5-3-6-11-21)31(53)38(59)43-24-15-9-14-23(18-24)32-49-51-52-50-32/h3,5-6,9-11,14-15,18,20,22,25-27,29,31,53H,4,7-8,12-13,16-17,19,41H2,1-2H3,(H,42,57)(H,43,59)(H,44,55)(H,45,58)(H,46,54)(H2,47,48,56,60)(H,49,50,51,52)/t25-,26-,27-,29?,31+/m0/s1. The fourth-order valence-electron chi connectivity index (χ4n) is 6.87. The van der Waals surface area contributed by atoms with Crippen LogP contribution in [-0.2, 0) is 25.6 Å². The predicted molar refractivity (Wildman–Crippen MR) is 214 cm³/mol. The third-order valence-electron chi connectivity index (χ3n) is 10.1. The number of amides is 5. The van der Waals surface area contributed by atoms with E-state index in [0.29, 0.717) is 22.6 Å². The van der Waals surface area contributed by atoms with Crippen LogP contribution in [-0.4, -0.2) is 102 Å². The van der Waals surface area contributed by atoms with Crippen LogP contribution in [0.3, 0.4) is 0 Å². The quantitative estimate of drug-likeness (QED) is 0.0622. The summed E-state index contributed by atoms with van der Waals surface area (Å²) in [7, 11) is 0. The smallest absolute Gasteiger partial charge is 0.326 e. The van der Waals surface area contributed by atoms with Gasteiger partial charge < -0.3 is 42.4 Å². The van der Waals surface area contributed by atoms with Crippen LogP contribution >= 0.6 is 0 Å². The number of carbonyl (C=O) groups is 5. The number of aliphatic hydroxyl groups excluding tert-OH is 1. The molecule has 320 valence electrons. The summed E-state index contributed by atoms with van der Waals surface area (Å²) < 4.78 is 14.2. The topological polar surface area (TPSA) is 312 Å². The molecule has 5 amide bonds. The highest BCUT2D eigenvalue weighted by Gasteiger charge is 2.35. The molecular weight excluding hydrogens is 784 g/mol. The summed E-state index contributed by atoms with van der Waals surface area (Å²) in [4.78, 5) is 94.0. The van der Waals surface area contributed by atoms with E-state index in [1.54, 1.807) is 73.4 Å². The van der Waals surface area contributed by atoms with E-state index in [4.69, 9.17) is 5.73 Å². The molecule has 11 N–H and O–H groups in total. The van der Waals surface area contributed by atoms with E-state index in [2.05, 4.69) is 47.2 Å².